The number of nitrogens with zero attached hydrogens (tertiary/aromatic N) is 1. The highest BCUT2D eigenvalue weighted by molar-refractivity contribution is 7.90. The van der Waals surface area contributed by atoms with E-state index >= 15 is 0 Å². The largest absolute Gasteiger partial charge is 0.385 e. The molecule has 0 aliphatic heterocycles. The Hall–Kier alpha value is -1.84. The third-order valence-electron chi connectivity index (χ3n) is 5.89. The highest BCUT2D eigenvalue weighted by Crippen LogP contribution is 2.60. The first-order valence-corrected chi connectivity index (χ1v) is 11.4. The van der Waals surface area contributed by atoms with Gasteiger partial charge in [0, 0.05) is 27.2 Å². The van der Waals surface area contributed by atoms with Crippen LogP contribution in [0.4, 0.5) is 5.69 Å². The third kappa shape index (κ3) is 3.49. The summed E-state index contributed by atoms with van der Waals surface area (Å²) in [5, 5.41) is 20.1. The fourth-order valence-electron chi connectivity index (χ4n) is 4.54. The van der Waals surface area contributed by atoms with Crippen molar-refractivity contribution in [1.29, 1.82) is 0 Å². The van der Waals surface area contributed by atoms with Gasteiger partial charge in [-0.05, 0) is 66.6 Å². The van der Waals surface area contributed by atoms with E-state index in [0.717, 1.165) is 16.5 Å². The zero-order valence-electron chi connectivity index (χ0n) is 15.1. The molecule has 4 N–H and O–H groups in total. The van der Waals surface area contributed by atoms with E-state index in [1.807, 2.05) is 0 Å². The first kappa shape index (κ1) is 19.1. The van der Waals surface area contributed by atoms with Gasteiger partial charge in [0.05, 0.1) is 17.3 Å². The summed E-state index contributed by atoms with van der Waals surface area (Å²) in [7, 11) is -3.72. The zero-order chi connectivity index (χ0) is 20.4. The maximum absolute atomic E-state index is 12.4. The number of aliphatic hydroxyl groups is 1. The lowest BCUT2D eigenvalue weighted by molar-refractivity contribution is 0.0303. The van der Waals surface area contributed by atoms with Crippen LogP contribution in [0.5, 0.6) is 0 Å². The maximum atomic E-state index is 12.4. The standard InChI is InChI=1S/C19H18Cl2N4O3S/c20-10-1-3-12(4-2-10)24-29(27,28)25-18-13-7-19(26,8-14(13)18)16-5-11(21)6-17-15(16)9-22-23-17/h1-6,9,13-14,18,24-26H,7-8H2,(H,22,23)/t13-,14+,18+,19-. The van der Waals surface area contributed by atoms with Crippen LogP contribution in [0.15, 0.2) is 42.6 Å². The Morgan fingerprint density at radius 1 is 1.10 bits per heavy atom. The van der Waals surface area contributed by atoms with E-state index in [2.05, 4.69) is 19.6 Å². The molecule has 152 valence electrons. The maximum Gasteiger partial charge on any atom is 0.299 e. The lowest BCUT2D eigenvalue weighted by Crippen LogP contribution is -2.36. The number of aromatic nitrogens is 2. The molecule has 7 nitrogen and oxygen atoms in total. The third-order valence-corrected chi connectivity index (χ3v) is 7.45. The number of hydrogen-bond donors (Lipinski definition) is 4. The summed E-state index contributed by atoms with van der Waals surface area (Å²) in [6.45, 7) is 0. The molecule has 3 aromatic rings. The van der Waals surface area contributed by atoms with E-state index in [1.54, 1.807) is 42.6 Å². The molecule has 5 rings (SSSR count). The van der Waals surface area contributed by atoms with Gasteiger partial charge in [-0.25, -0.2) is 0 Å². The van der Waals surface area contributed by atoms with Crippen molar-refractivity contribution in [1.82, 2.24) is 14.9 Å². The lowest BCUT2D eigenvalue weighted by Gasteiger charge is -2.27. The number of hydrogen-bond acceptors (Lipinski definition) is 4. The van der Waals surface area contributed by atoms with Crippen molar-refractivity contribution in [3.63, 3.8) is 0 Å². The van der Waals surface area contributed by atoms with E-state index in [-0.39, 0.29) is 17.9 Å². The molecular formula is C19H18Cl2N4O3S. The van der Waals surface area contributed by atoms with Crippen molar-refractivity contribution in [3.05, 3.63) is 58.2 Å². The second kappa shape index (κ2) is 6.58. The molecule has 2 aliphatic rings. The van der Waals surface area contributed by atoms with Crippen LogP contribution in [0.1, 0.15) is 18.4 Å². The van der Waals surface area contributed by atoms with Crippen molar-refractivity contribution >= 4 is 50.0 Å². The summed E-state index contributed by atoms with van der Waals surface area (Å²) in [5.74, 6) is 0.144. The minimum atomic E-state index is -3.72. The number of rotatable bonds is 5. The monoisotopic (exact) mass is 452 g/mol. The van der Waals surface area contributed by atoms with E-state index in [4.69, 9.17) is 23.2 Å². The zero-order valence-corrected chi connectivity index (χ0v) is 17.4. The van der Waals surface area contributed by atoms with Crippen molar-refractivity contribution in [3.8, 4) is 0 Å². The molecule has 4 atom stereocenters. The van der Waals surface area contributed by atoms with Gasteiger partial charge in [0.15, 0.2) is 0 Å². The molecule has 0 radical (unpaired) electrons. The van der Waals surface area contributed by atoms with Crippen LogP contribution < -0.4 is 9.44 Å². The van der Waals surface area contributed by atoms with Crippen molar-refractivity contribution in [2.24, 2.45) is 11.8 Å². The van der Waals surface area contributed by atoms with E-state index in [1.165, 1.54) is 0 Å². The molecule has 0 bridgehead atoms. The summed E-state index contributed by atoms with van der Waals surface area (Å²) in [4.78, 5) is 0. The first-order valence-electron chi connectivity index (χ1n) is 9.15. The van der Waals surface area contributed by atoms with Crippen molar-refractivity contribution in [2.45, 2.75) is 24.5 Å². The number of anilines is 1. The predicted molar refractivity (Wildman–Crippen MR) is 112 cm³/mol. The molecule has 0 saturated heterocycles. The van der Waals surface area contributed by atoms with Crippen molar-refractivity contribution < 1.29 is 13.5 Å². The molecule has 2 saturated carbocycles. The highest BCUT2D eigenvalue weighted by Gasteiger charge is 2.62. The number of aromatic amines is 1. The highest BCUT2D eigenvalue weighted by atomic mass is 35.5. The van der Waals surface area contributed by atoms with Gasteiger partial charge in [0.2, 0.25) is 0 Å². The summed E-state index contributed by atoms with van der Waals surface area (Å²) < 4.78 is 30.1. The van der Waals surface area contributed by atoms with E-state index < -0.39 is 15.8 Å². The molecular weight excluding hydrogens is 435 g/mol. The Morgan fingerprint density at radius 3 is 2.48 bits per heavy atom. The Morgan fingerprint density at radius 2 is 1.79 bits per heavy atom. The summed E-state index contributed by atoms with van der Waals surface area (Å²) >= 11 is 12.0. The van der Waals surface area contributed by atoms with Gasteiger partial charge in [-0.3, -0.25) is 9.82 Å². The predicted octanol–water partition coefficient (Wildman–Crippen LogP) is 3.41. The second-order valence-corrected chi connectivity index (χ2v) is 10.1. The molecule has 10 heteroatoms. The van der Waals surface area contributed by atoms with Gasteiger partial charge < -0.3 is 5.11 Å². The van der Waals surface area contributed by atoms with Crippen molar-refractivity contribution in [2.75, 3.05) is 4.72 Å². The smallest absolute Gasteiger partial charge is 0.299 e. The second-order valence-electron chi connectivity index (χ2n) is 7.81. The van der Waals surface area contributed by atoms with E-state index in [0.29, 0.717) is 28.6 Å². The number of halogens is 2. The normalized spacial score (nSPS) is 28.4. The molecule has 0 spiro atoms. The topological polar surface area (TPSA) is 107 Å². The molecule has 2 aliphatic carbocycles. The molecule has 2 aromatic carbocycles. The van der Waals surface area contributed by atoms with Crippen LogP contribution in [0, 0.1) is 11.8 Å². The number of benzene rings is 2. The fourth-order valence-corrected chi connectivity index (χ4v) is 6.10. The minimum absolute atomic E-state index is 0.0720. The average molecular weight is 453 g/mol. The van der Waals surface area contributed by atoms with E-state index in [9.17, 15) is 13.5 Å². The van der Waals surface area contributed by atoms with Gasteiger partial charge in [-0.2, -0.15) is 18.2 Å². The van der Waals surface area contributed by atoms with Gasteiger partial charge in [-0.1, -0.05) is 23.2 Å². The lowest BCUT2D eigenvalue weighted by atomic mass is 9.86. The van der Waals surface area contributed by atoms with Crippen LogP contribution >= 0.6 is 23.2 Å². The molecule has 0 amide bonds. The van der Waals surface area contributed by atoms with Crippen LogP contribution in [-0.4, -0.2) is 29.8 Å². The summed E-state index contributed by atoms with van der Waals surface area (Å²) in [6.07, 6.45) is 2.61. The Labute approximate surface area is 177 Å². The molecule has 2 fully saturated rings. The first-order chi connectivity index (χ1) is 13.7. The number of nitrogens with one attached hydrogen (secondary N) is 3. The quantitative estimate of drug-likeness (QED) is 0.475. The molecule has 0 unspecified atom stereocenters. The van der Waals surface area contributed by atoms with Crippen LogP contribution in [0.2, 0.25) is 10.0 Å². The van der Waals surface area contributed by atoms with Crippen LogP contribution in [-0.2, 0) is 15.8 Å². The van der Waals surface area contributed by atoms with Gasteiger partial charge >= 0.3 is 0 Å². The molecule has 1 aromatic heterocycles. The molecule has 29 heavy (non-hydrogen) atoms. The summed E-state index contributed by atoms with van der Waals surface area (Å²) in [5.41, 5.74) is 0.895. The van der Waals surface area contributed by atoms with Crippen LogP contribution in [0.25, 0.3) is 10.9 Å². The fraction of sp³-hybridized carbons (Fsp3) is 0.316. The Bertz CT molecular complexity index is 1180. The Balaban J connectivity index is 1.29. The SMILES string of the molecule is O=S(=O)(Nc1ccc(Cl)cc1)N[C@H]1[C@@H]2C[C@](O)(c3cc(Cl)cc4[nH]ncc34)C[C@@H]21. The molecule has 1 heterocycles. The average Bonchev–Trinajstić information content (AvgIpc) is 3.03. The van der Waals surface area contributed by atoms with Crippen LogP contribution in [0.3, 0.4) is 0 Å². The number of H-pyrrole nitrogens is 1. The Kier molecular flexibility index (Phi) is 4.34. The minimum Gasteiger partial charge on any atom is -0.385 e. The van der Waals surface area contributed by atoms with Gasteiger partial charge in [-0.15, -0.1) is 0 Å². The van der Waals surface area contributed by atoms with Gasteiger partial charge in [0.25, 0.3) is 10.2 Å². The number of fused-ring (bicyclic) bond motifs is 2. The van der Waals surface area contributed by atoms with Gasteiger partial charge in [0.1, 0.15) is 0 Å². The summed E-state index contributed by atoms with van der Waals surface area (Å²) in [6, 6.07) is 9.78.